The Hall–Kier alpha value is -1.47. The molecular weight excluding hydrogens is 280 g/mol. The number of aryl methyl sites for hydroxylation is 1. The van der Waals surface area contributed by atoms with Crippen LogP contribution >= 0.6 is 11.3 Å². The number of carbonyl (C=O) groups excluding carboxylic acids is 1. The molecule has 0 aromatic carbocycles. The molecule has 1 aromatic rings. The molecule has 7 heteroatoms. The number of thiophene rings is 1. The molecular formula is C13H18N2O4S. The van der Waals surface area contributed by atoms with E-state index in [2.05, 4.69) is 0 Å². The van der Waals surface area contributed by atoms with Crippen LogP contribution in [0, 0.1) is 23.0 Å². The zero-order valence-corrected chi connectivity index (χ0v) is 12.4. The summed E-state index contributed by atoms with van der Waals surface area (Å²) in [5.74, 6) is -0.0666. The predicted octanol–water partition coefficient (Wildman–Crippen LogP) is 2.20. The van der Waals surface area contributed by atoms with Crippen LogP contribution in [0.25, 0.3) is 0 Å². The second kappa shape index (κ2) is 5.88. The first kappa shape index (κ1) is 14.9. The van der Waals surface area contributed by atoms with Crippen LogP contribution in [0.3, 0.4) is 0 Å². The molecule has 1 aromatic heterocycles. The minimum atomic E-state index is -0.460. The first-order chi connectivity index (χ1) is 9.43. The van der Waals surface area contributed by atoms with Gasteiger partial charge in [-0.3, -0.25) is 14.9 Å². The van der Waals surface area contributed by atoms with Crippen LogP contribution in [0.5, 0.6) is 0 Å². The molecule has 2 atom stereocenters. The summed E-state index contributed by atoms with van der Waals surface area (Å²) in [6, 6.07) is 1.46. The summed E-state index contributed by atoms with van der Waals surface area (Å²) in [6.07, 6.45) is 1.76. The van der Waals surface area contributed by atoms with Gasteiger partial charge in [0.15, 0.2) is 0 Å². The van der Waals surface area contributed by atoms with Gasteiger partial charge in [0.1, 0.15) is 0 Å². The monoisotopic (exact) mass is 298 g/mol. The van der Waals surface area contributed by atoms with E-state index in [9.17, 15) is 20.0 Å². The highest BCUT2D eigenvalue weighted by molar-refractivity contribution is 7.14. The van der Waals surface area contributed by atoms with Crippen molar-refractivity contribution in [3.63, 3.8) is 0 Å². The molecule has 2 unspecified atom stereocenters. The summed E-state index contributed by atoms with van der Waals surface area (Å²) in [4.78, 5) is 25.6. The van der Waals surface area contributed by atoms with E-state index in [0.717, 1.165) is 24.2 Å². The molecule has 2 rings (SSSR count). The van der Waals surface area contributed by atoms with Crippen LogP contribution in [0.4, 0.5) is 5.69 Å². The van der Waals surface area contributed by atoms with E-state index < -0.39 is 4.92 Å². The minimum Gasteiger partial charge on any atom is -0.396 e. The Morgan fingerprint density at radius 2 is 2.30 bits per heavy atom. The number of carbonyl (C=O) groups is 1. The van der Waals surface area contributed by atoms with Gasteiger partial charge < -0.3 is 10.0 Å². The molecule has 1 fully saturated rings. The number of hydrogen-bond donors (Lipinski definition) is 1. The molecule has 0 bridgehead atoms. The van der Waals surface area contributed by atoms with Gasteiger partial charge in [0.2, 0.25) is 0 Å². The largest absolute Gasteiger partial charge is 0.396 e. The van der Waals surface area contributed by atoms with E-state index in [1.54, 1.807) is 11.8 Å². The average Bonchev–Trinajstić information content (AvgIpc) is 2.81. The van der Waals surface area contributed by atoms with Gasteiger partial charge in [-0.05, 0) is 32.6 Å². The maximum Gasteiger partial charge on any atom is 0.283 e. The van der Waals surface area contributed by atoms with Crippen molar-refractivity contribution in [2.45, 2.75) is 32.7 Å². The van der Waals surface area contributed by atoms with Gasteiger partial charge in [-0.25, -0.2) is 0 Å². The fourth-order valence-corrected chi connectivity index (χ4v) is 3.46. The summed E-state index contributed by atoms with van der Waals surface area (Å²) >= 11 is 1.16. The molecule has 20 heavy (non-hydrogen) atoms. The molecule has 1 amide bonds. The van der Waals surface area contributed by atoms with Crippen molar-refractivity contribution in [1.82, 2.24) is 4.90 Å². The number of rotatable bonds is 3. The lowest BCUT2D eigenvalue weighted by atomic mass is 9.94. The lowest BCUT2D eigenvalue weighted by molar-refractivity contribution is -0.385. The molecule has 1 aliphatic heterocycles. The highest BCUT2D eigenvalue weighted by atomic mass is 32.1. The van der Waals surface area contributed by atoms with Crippen molar-refractivity contribution in [2.75, 3.05) is 13.2 Å². The molecule has 2 heterocycles. The van der Waals surface area contributed by atoms with Crippen LogP contribution in [0.15, 0.2) is 6.07 Å². The number of amides is 1. The fourth-order valence-electron chi connectivity index (χ4n) is 2.51. The van der Waals surface area contributed by atoms with Crippen LogP contribution in [0.2, 0.25) is 0 Å². The predicted molar refractivity (Wildman–Crippen MR) is 76.0 cm³/mol. The van der Waals surface area contributed by atoms with Crippen molar-refractivity contribution in [3.05, 3.63) is 25.9 Å². The number of hydrogen-bond acceptors (Lipinski definition) is 5. The Morgan fingerprint density at radius 3 is 2.85 bits per heavy atom. The number of piperidine rings is 1. The summed E-state index contributed by atoms with van der Waals surface area (Å²) < 4.78 is 0. The Kier molecular flexibility index (Phi) is 4.39. The van der Waals surface area contributed by atoms with Crippen molar-refractivity contribution in [2.24, 2.45) is 5.92 Å². The van der Waals surface area contributed by atoms with Gasteiger partial charge >= 0.3 is 0 Å². The first-order valence-electron chi connectivity index (χ1n) is 6.60. The smallest absolute Gasteiger partial charge is 0.283 e. The molecule has 0 aliphatic carbocycles. The van der Waals surface area contributed by atoms with Gasteiger partial charge in [-0.15, -0.1) is 11.3 Å². The van der Waals surface area contributed by atoms with Crippen LogP contribution < -0.4 is 0 Å². The van der Waals surface area contributed by atoms with Crippen LogP contribution in [-0.4, -0.2) is 40.0 Å². The van der Waals surface area contributed by atoms with Crippen molar-refractivity contribution in [3.8, 4) is 0 Å². The maximum absolute atomic E-state index is 12.5. The summed E-state index contributed by atoms with van der Waals surface area (Å²) in [5, 5.41) is 20.1. The molecule has 6 nitrogen and oxygen atoms in total. The zero-order chi connectivity index (χ0) is 14.9. The van der Waals surface area contributed by atoms with Gasteiger partial charge in [0.25, 0.3) is 11.6 Å². The standard InChI is InChI=1S/C13H18N2O4S/c1-8-3-4-10(7-16)6-14(8)13(17)12-5-11(15(18)19)9(2)20-12/h5,8,10,16H,3-4,6-7H2,1-2H3. The number of likely N-dealkylation sites (tertiary alicyclic amines) is 1. The Balaban J connectivity index is 2.21. The van der Waals surface area contributed by atoms with E-state index >= 15 is 0 Å². The van der Waals surface area contributed by atoms with Crippen molar-refractivity contribution >= 4 is 22.9 Å². The fraction of sp³-hybridized carbons (Fsp3) is 0.615. The van der Waals surface area contributed by atoms with E-state index in [1.165, 1.54) is 6.07 Å². The SMILES string of the molecule is Cc1sc(C(=O)N2CC(CO)CCC2C)cc1[N+](=O)[O-]. The van der Waals surface area contributed by atoms with Gasteiger partial charge in [0.05, 0.1) is 14.7 Å². The molecule has 110 valence electrons. The Morgan fingerprint density at radius 1 is 1.60 bits per heavy atom. The number of nitro groups is 1. The summed E-state index contributed by atoms with van der Waals surface area (Å²) in [6.45, 7) is 4.21. The lowest BCUT2D eigenvalue weighted by Crippen LogP contribution is -2.46. The molecule has 1 N–H and O–H groups in total. The second-order valence-electron chi connectivity index (χ2n) is 5.24. The number of aliphatic hydroxyl groups is 1. The third-order valence-electron chi connectivity index (χ3n) is 3.80. The van der Waals surface area contributed by atoms with E-state index in [-0.39, 0.29) is 30.2 Å². The first-order valence-corrected chi connectivity index (χ1v) is 7.42. The summed E-state index contributed by atoms with van der Waals surface area (Å²) in [5.41, 5.74) is 0.00159. The summed E-state index contributed by atoms with van der Waals surface area (Å²) in [7, 11) is 0. The molecule has 0 saturated carbocycles. The van der Waals surface area contributed by atoms with Gasteiger partial charge in [0, 0.05) is 25.3 Å². The molecule has 1 saturated heterocycles. The van der Waals surface area contributed by atoms with E-state index in [1.807, 2.05) is 6.92 Å². The van der Waals surface area contributed by atoms with Gasteiger partial charge in [-0.1, -0.05) is 0 Å². The third-order valence-corrected chi connectivity index (χ3v) is 4.83. The highest BCUT2D eigenvalue weighted by Gasteiger charge is 2.31. The van der Waals surface area contributed by atoms with Crippen LogP contribution in [-0.2, 0) is 0 Å². The lowest BCUT2D eigenvalue weighted by Gasteiger charge is -2.37. The maximum atomic E-state index is 12.5. The highest BCUT2D eigenvalue weighted by Crippen LogP contribution is 2.31. The number of aliphatic hydroxyl groups excluding tert-OH is 1. The normalized spacial score (nSPS) is 22.9. The molecule has 1 aliphatic rings. The zero-order valence-electron chi connectivity index (χ0n) is 11.5. The van der Waals surface area contributed by atoms with E-state index in [4.69, 9.17) is 0 Å². The molecule has 0 radical (unpaired) electrons. The van der Waals surface area contributed by atoms with Crippen molar-refractivity contribution < 1.29 is 14.8 Å². The Labute approximate surface area is 121 Å². The topological polar surface area (TPSA) is 83.7 Å². The quantitative estimate of drug-likeness (QED) is 0.685. The van der Waals surface area contributed by atoms with Gasteiger partial charge in [-0.2, -0.15) is 0 Å². The van der Waals surface area contributed by atoms with E-state index in [0.29, 0.717) is 16.3 Å². The second-order valence-corrected chi connectivity index (χ2v) is 6.50. The average molecular weight is 298 g/mol. The van der Waals surface area contributed by atoms with Crippen LogP contribution in [0.1, 0.15) is 34.3 Å². The van der Waals surface area contributed by atoms with Crippen molar-refractivity contribution in [1.29, 1.82) is 0 Å². The minimum absolute atomic E-state index is 0.00159. The molecule has 0 spiro atoms. The Bertz CT molecular complexity index is 528. The number of nitrogens with zero attached hydrogens (tertiary/aromatic N) is 2. The third kappa shape index (κ3) is 2.83.